The summed E-state index contributed by atoms with van der Waals surface area (Å²) >= 11 is 0. The monoisotopic (exact) mass is 404 g/mol. The van der Waals surface area contributed by atoms with Crippen LogP contribution >= 0.6 is 12.4 Å². The molecule has 0 spiro atoms. The molecule has 0 bridgehead atoms. The van der Waals surface area contributed by atoms with Gasteiger partial charge in [0.15, 0.2) is 0 Å². The second kappa shape index (κ2) is 9.48. The number of nitrogens with one attached hydrogen (secondary N) is 2. The molecule has 2 unspecified atom stereocenters. The number of carbonyl (C=O) groups is 1. The van der Waals surface area contributed by atoms with Gasteiger partial charge in [0.05, 0.1) is 6.20 Å². The average molecular weight is 405 g/mol. The van der Waals surface area contributed by atoms with Crippen molar-refractivity contribution >= 4 is 18.3 Å². The van der Waals surface area contributed by atoms with Crippen LogP contribution in [0.15, 0.2) is 41.2 Å². The quantitative estimate of drug-likeness (QED) is 0.628. The molecule has 1 aromatic carbocycles. The number of hydrogen-bond donors (Lipinski definition) is 2. The molecule has 0 radical (unpaired) electrons. The number of hydrogen-bond acceptors (Lipinski definition) is 6. The van der Waals surface area contributed by atoms with Crippen molar-refractivity contribution in [2.75, 3.05) is 7.05 Å². The molecule has 2 aromatic heterocycles. The molecule has 8 nitrogen and oxygen atoms in total. The van der Waals surface area contributed by atoms with Crippen LogP contribution in [-0.4, -0.2) is 32.9 Å². The summed E-state index contributed by atoms with van der Waals surface area (Å²) in [7, 11) is 3.54. The first kappa shape index (κ1) is 21.6. The SMILES string of the molecule is CCc1ccc(-c2noc(C(C)NC(=O)C(NC)c3cnn(C)c3)n2)cc1.Cl. The zero-order valence-corrected chi connectivity index (χ0v) is 17.2. The molecule has 0 aliphatic carbocycles. The van der Waals surface area contributed by atoms with E-state index in [4.69, 9.17) is 4.52 Å². The fourth-order valence-electron chi connectivity index (χ4n) is 2.81. The maximum absolute atomic E-state index is 12.6. The fraction of sp³-hybridized carbons (Fsp3) is 0.368. The number of halogens is 1. The Balaban J connectivity index is 0.00000280. The normalized spacial score (nSPS) is 12.9. The van der Waals surface area contributed by atoms with Crippen LogP contribution in [0, 0.1) is 0 Å². The molecule has 9 heteroatoms. The van der Waals surface area contributed by atoms with E-state index in [1.165, 1.54) is 5.56 Å². The Morgan fingerprint density at radius 2 is 2.00 bits per heavy atom. The Morgan fingerprint density at radius 3 is 2.57 bits per heavy atom. The van der Waals surface area contributed by atoms with Crippen LogP contribution in [0.4, 0.5) is 0 Å². The molecule has 2 heterocycles. The number of nitrogens with zero attached hydrogens (tertiary/aromatic N) is 4. The molecule has 2 atom stereocenters. The highest BCUT2D eigenvalue weighted by atomic mass is 35.5. The van der Waals surface area contributed by atoms with Crippen LogP contribution in [0.5, 0.6) is 0 Å². The molecule has 2 N–H and O–H groups in total. The lowest BCUT2D eigenvalue weighted by atomic mass is 10.1. The van der Waals surface area contributed by atoms with Crippen molar-refractivity contribution in [3.63, 3.8) is 0 Å². The summed E-state index contributed by atoms with van der Waals surface area (Å²) < 4.78 is 7.01. The van der Waals surface area contributed by atoms with Gasteiger partial charge in [0, 0.05) is 24.4 Å². The summed E-state index contributed by atoms with van der Waals surface area (Å²) in [6.45, 7) is 3.92. The Kier molecular flexibility index (Phi) is 7.31. The predicted molar refractivity (Wildman–Crippen MR) is 108 cm³/mol. The van der Waals surface area contributed by atoms with Crippen molar-refractivity contribution < 1.29 is 9.32 Å². The smallest absolute Gasteiger partial charge is 0.249 e. The molecule has 0 saturated carbocycles. The number of aromatic nitrogens is 4. The second-order valence-electron chi connectivity index (χ2n) is 6.41. The van der Waals surface area contributed by atoms with E-state index in [-0.39, 0.29) is 18.3 Å². The van der Waals surface area contributed by atoms with Gasteiger partial charge in [0.25, 0.3) is 0 Å². The summed E-state index contributed by atoms with van der Waals surface area (Å²) in [5.74, 6) is 0.676. The number of aryl methyl sites for hydroxylation is 2. The average Bonchev–Trinajstić information content (AvgIpc) is 3.32. The first-order valence-electron chi connectivity index (χ1n) is 8.91. The number of amides is 1. The van der Waals surface area contributed by atoms with Gasteiger partial charge in [-0.2, -0.15) is 10.1 Å². The molecule has 0 aliphatic rings. The third-order valence-electron chi connectivity index (χ3n) is 4.40. The molecule has 150 valence electrons. The van der Waals surface area contributed by atoms with Crippen molar-refractivity contribution in [3.05, 3.63) is 53.7 Å². The Bertz CT molecular complexity index is 905. The van der Waals surface area contributed by atoms with E-state index in [2.05, 4.69) is 32.8 Å². The lowest BCUT2D eigenvalue weighted by Crippen LogP contribution is -2.37. The first-order valence-corrected chi connectivity index (χ1v) is 8.91. The highest BCUT2D eigenvalue weighted by Gasteiger charge is 2.24. The Labute approximate surface area is 170 Å². The van der Waals surface area contributed by atoms with Gasteiger partial charge in [0.1, 0.15) is 12.1 Å². The van der Waals surface area contributed by atoms with Crippen LogP contribution in [0.2, 0.25) is 0 Å². The molecule has 0 saturated heterocycles. The van der Waals surface area contributed by atoms with Crippen molar-refractivity contribution in [1.82, 2.24) is 30.6 Å². The van der Waals surface area contributed by atoms with E-state index in [9.17, 15) is 4.79 Å². The Hall–Kier alpha value is -2.71. The largest absolute Gasteiger partial charge is 0.343 e. The minimum Gasteiger partial charge on any atom is -0.343 e. The second-order valence-corrected chi connectivity index (χ2v) is 6.41. The standard InChI is InChI=1S/C19H24N6O2.ClH/c1-5-13-6-8-14(9-7-13)17-23-19(27-24-17)12(2)22-18(26)16(20-3)15-10-21-25(4)11-15;/h6-12,16,20H,5H2,1-4H3,(H,22,26);1H. The van der Waals surface area contributed by atoms with E-state index < -0.39 is 12.1 Å². The minimum atomic E-state index is -0.509. The van der Waals surface area contributed by atoms with Crippen LogP contribution in [0.3, 0.4) is 0 Å². The fourth-order valence-corrected chi connectivity index (χ4v) is 2.81. The topological polar surface area (TPSA) is 97.9 Å². The lowest BCUT2D eigenvalue weighted by Gasteiger charge is -2.16. The van der Waals surface area contributed by atoms with E-state index >= 15 is 0 Å². The van der Waals surface area contributed by atoms with E-state index in [0.717, 1.165) is 17.5 Å². The first-order chi connectivity index (χ1) is 13.0. The van der Waals surface area contributed by atoms with Gasteiger partial charge in [-0.3, -0.25) is 9.48 Å². The molecule has 3 aromatic rings. The van der Waals surface area contributed by atoms with Gasteiger partial charge in [-0.05, 0) is 26.0 Å². The van der Waals surface area contributed by atoms with Crippen molar-refractivity contribution in [1.29, 1.82) is 0 Å². The third kappa shape index (κ3) is 4.76. The number of carbonyl (C=O) groups excluding carboxylic acids is 1. The molecule has 0 aliphatic heterocycles. The molecular formula is C19H25ClN6O2. The third-order valence-corrected chi connectivity index (χ3v) is 4.40. The maximum atomic E-state index is 12.6. The van der Waals surface area contributed by atoms with Crippen molar-refractivity contribution in [2.45, 2.75) is 32.4 Å². The number of rotatable bonds is 7. The lowest BCUT2D eigenvalue weighted by molar-refractivity contribution is -0.124. The van der Waals surface area contributed by atoms with E-state index in [1.807, 2.05) is 38.2 Å². The minimum absolute atomic E-state index is 0. The van der Waals surface area contributed by atoms with Crippen LogP contribution in [0.25, 0.3) is 11.4 Å². The number of likely N-dealkylation sites (N-methyl/N-ethyl adjacent to an activating group) is 1. The molecule has 1 amide bonds. The van der Waals surface area contributed by atoms with Gasteiger partial charge in [-0.25, -0.2) is 0 Å². The molecular weight excluding hydrogens is 380 g/mol. The number of benzene rings is 1. The van der Waals surface area contributed by atoms with Gasteiger partial charge in [0.2, 0.25) is 17.6 Å². The van der Waals surface area contributed by atoms with Crippen LogP contribution in [-0.2, 0) is 18.3 Å². The van der Waals surface area contributed by atoms with Crippen LogP contribution in [0.1, 0.15) is 42.9 Å². The summed E-state index contributed by atoms with van der Waals surface area (Å²) in [6, 6.07) is 7.10. The molecule has 3 rings (SSSR count). The van der Waals surface area contributed by atoms with Gasteiger partial charge < -0.3 is 15.2 Å². The van der Waals surface area contributed by atoms with E-state index in [0.29, 0.717) is 11.7 Å². The maximum Gasteiger partial charge on any atom is 0.249 e. The van der Waals surface area contributed by atoms with Crippen molar-refractivity contribution in [3.8, 4) is 11.4 Å². The highest BCUT2D eigenvalue weighted by Crippen LogP contribution is 2.20. The Morgan fingerprint density at radius 1 is 1.29 bits per heavy atom. The summed E-state index contributed by atoms with van der Waals surface area (Å²) in [4.78, 5) is 17.0. The summed E-state index contributed by atoms with van der Waals surface area (Å²) in [5.41, 5.74) is 2.91. The van der Waals surface area contributed by atoms with E-state index in [1.54, 1.807) is 24.1 Å². The van der Waals surface area contributed by atoms with Crippen molar-refractivity contribution in [2.24, 2.45) is 7.05 Å². The molecule has 28 heavy (non-hydrogen) atoms. The molecule has 0 fully saturated rings. The summed E-state index contributed by atoms with van der Waals surface area (Å²) in [5, 5.41) is 14.0. The van der Waals surface area contributed by atoms with Crippen LogP contribution < -0.4 is 10.6 Å². The predicted octanol–water partition coefficient (Wildman–Crippen LogP) is 2.59. The van der Waals surface area contributed by atoms with Gasteiger partial charge >= 0.3 is 0 Å². The zero-order chi connectivity index (χ0) is 19.4. The van der Waals surface area contributed by atoms with Gasteiger partial charge in [-0.1, -0.05) is 36.3 Å². The summed E-state index contributed by atoms with van der Waals surface area (Å²) in [6.07, 6.45) is 4.44. The highest BCUT2D eigenvalue weighted by molar-refractivity contribution is 5.85. The van der Waals surface area contributed by atoms with Gasteiger partial charge in [-0.15, -0.1) is 12.4 Å². The zero-order valence-electron chi connectivity index (χ0n) is 16.3.